The molecule has 0 heterocycles. The van der Waals surface area contributed by atoms with Crippen LogP contribution < -0.4 is 10.7 Å². The fourth-order valence-electron chi connectivity index (χ4n) is 2.23. The molecule has 27 heavy (non-hydrogen) atoms. The van der Waals surface area contributed by atoms with Crippen LogP contribution in [0, 0.1) is 24.0 Å². The third-order valence-corrected chi connectivity index (χ3v) is 3.75. The molecule has 0 bridgehead atoms. The van der Waals surface area contributed by atoms with Crippen molar-refractivity contribution in [2.45, 2.75) is 26.7 Å². The Balaban J connectivity index is 1.77. The van der Waals surface area contributed by atoms with Gasteiger partial charge in [-0.2, -0.15) is 5.10 Å². The van der Waals surface area contributed by atoms with Gasteiger partial charge < -0.3 is 5.32 Å². The van der Waals surface area contributed by atoms with E-state index in [9.17, 15) is 19.7 Å². The topological polar surface area (TPSA) is 114 Å². The number of hydrogen-bond acceptors (Lipinski definition) is 5. The molecule has 2 N–H and O–H groups in total. The Kier molecular flexibility index (Phi) is 6.76. The molecule has 0 radical (unpaired) electrons. The molecule has 0 aliphatic rings. The van der Waals surface area contributed by atoms with Crippen molar-refractivity contribution in [1.29, 1.82) is 0 Å². The Morgan fingerprint density at radius 2 is 1.74 bits per heavy atom. The van der Waals surface area contributed by atoms with Crippen LogP contribution in [-0.4, -0.2) is 23.0 Å². The molecule has 0 aromatic heterocycles. The number of hydrogen-bond donors (Lipinski definition) is 2. The van der Waals surface area contributed by atoms with Gasteiger partial charge in [-0.05, 0) is 48.7 Å². The summed E-state index contributed by atoms with van der Waals surface area (Å²) in [5.41, 5.74) is 5.63. The third-order valence-electron chi connectivity index (χ3n) is 3.75. The highest BCUT2D eigenvalue weighted by molar-refractivity contribution is 5.94. The molecule has 8 nitrogen and oxygen atoms in total. The van der Waals surface area contributed by atoms with Crippen LogP contribution >= 0.6 is 0 Å². The van der Waals surface area contributed by atoms with E-state index in [1.165, 1.54) is 30.5 Å². The Bertz CT molecular complexity index is 876. The van der Waals surface area contributed by atoms with E-state index in [4.69, 9.17) is 0 Å². The van der Waals surface area contributed by atoms with E-state index in [0.29, 0.717) is 5.56 Å². The molecule has 8 heteroatoms. The number of rotatable bonds is 7. The van der Waals surface area contributed by atoms with Crippen LogP contribution in [0.25, 0.3) is 0 Å². The predicted octanol–water partition coefficient (Wildman–Crippen LogP) is 3.08. The van der Waals surface area contributed by atoms with E-state index in [0.717, 1.165) is 16.8 Å². The van der Waals surface area contributed by atoms with Crippen LogP contribution in [-0.2, 0) is 9.59 Å². The van der Waals surface area contributed by atoms with E-state index in [1.807, 2.05) is 32.0 Å². The number of benzene rings is 2. The van der Waals surface area contributed by atoms with Crippen molar-refractivity contribution in [2.24, 2.45) is 5.10 Å². The second-order valence-electron chi connectivity index (χ2n) is 6.01. The van der Waals surface area contributed by atoms with Gasteiger partial charge in [0.15, 0.2) is 0 Å². The summed E-state index contributed by atoms with van der Waals surface area (Å²) in [7, 11) is 0. The summed E-state index contributed by atoms with van der Waals surface area (Å²) < 4.78 is 0. The molecular formula is C19H20N4O4. The smallest absolute Gasteiger partial charge is 0.269 e. The lowest BCUT2D eigenvalue weighted by Gasteiger charge is -2.09. The molecule has 0 unspecified atom stereocenters. The highest BCUT2D eigenvalue weighted by Crippen LogP contribution is 2.16. The third kappa shape index (κ3) is 6.35. The van der Waals surface area contributed by atoms with Crippen LogP contribution in [0.2, 0.25) is 0 Å². The number of carbonyl (C=O) groups excluding carboxylic acids is 2. The SMILES string of the molecule is Cc1ccc(C)c(NC(=O)CCC(=O)NN=Cc2ccc([N+](=O)[O-])cc2)c1. The minimum Gasteiger partial charge on any atom is -0.326 e. The molecule has 0 aliphatic carbocycles. The number of hydrazone groups is 1. The summed E-state index contributed by atoms with van der Waals surface area (Å²) in [6.07, 6.45) is 1.40. The number of aryl methyl sites for hydroxylation is 2. The summed E-state index contributed by atoms with van der Waals surface area (Å²) in [5.74, 6) is -0.650. The molecule has 0 spiro atoms. The van der Waals surface area contributed by atoms with Crippen molar-refractivity contribution in [2.75, 3.05) is 5.32 Å². The Morgan fingerprint density at radius 1 is 1.07 bits per heavy atom. The molecule has 2 aromatic carbocycles. The van der Waals surface area contributed by atoms with Gasteiger partial charge in [-0.15, -0.1) is 0 Å². The number of amides is 2. The molecule has 2 amide bonds. The second kappa shape index (κ2) is 9.23. The molecule has 140 valence electrons. The zero-order chi connectivity index (χ0) is 19.8. The van der Waals surface area contributed by atoms with Gasteiger partial charge in [0.05, 0.1) is 11.1 Å². The van der Waals surface area contributed by atoms with Crippen LogP contribution in [0.3, 0.4) is 0 Å². The average Bonchev–Trinajstić information content (AvgIpc) is 2.63. The molecule has 2 rings (SSSR count). The minimum atomic E-state index is -0.494. The highest BCUT2D eigenvalue weighted by atomic mass is 16.6. The fourth-order valence-corrected chi connectivity index (χ4v) is 2.23. The van der Waals surface area contributed by atoms with Gasteiger partial charge in [-0.3, -0.25) is 19.7 Å². The summed E-state index contributed by atoms with van der Waals surface area (Å²) >= 11 is 0. The van der Waals surface area contributed by atoms with Crippen molar-refractivity contribution >= 4 is 29.4 Å². The number of non-ortho nitro benzene ring substituents is 1. The first-order chi connectivity index (χ1) is 12.8. The van der Waals surface area contributed by atoms with Gasteiger partial charge in [0.2, 0.25) is 11.8 Å². The lowest BCUT2D eigenvalue weighted by atomic mass is 10.1. The fraction of sp³-hybridized carbons (Fsp3) is 0.211. The molecule has 0 atom stereocenters. The predicted molar refractivity (Wildman–Crippen MR) is 103 cm³/mol. The zero-order valence-corrected chi connectivity index (χ0v) is 15.1. The largest absolute Gasteiger partial charge is 0.326 e. The van der Waals surface area contributed by atoms with Gasteiger partial charge in [-0.25, -0.2) is 5.43 Å². The maximum atomic E-state index is 12.0. The van der Waals surface area contributed by atoms with Crippen LogP contribution in [0.15, 0.2) is 47.6 Å². The molecule has 2 aromatic rings. The van der Waals surface area contributed by atoms with E-state index in [-0.39, 0.29) is 24.4 Å². The number of anilines is 1. The summed E-state index contributed by atoms with van der Waals surface area (Å²) in [6, 6.07) is 11.5. The van der Waals surface area contributed by atoms with Crippen molar-refractivity contribution in [3.63, 3.8) is 0 Å². The number of nitro groups is 1. The minimum absolute atomic E-state index is 0.00566. The highest BCUT2D eigenvalue weighted by Gasteiger charge is 2.08. The first-order valence-corrected chi connectivity index (χ1v) is 8.28. The van der Waals surface area contributed by atoms with Gasteiger partial charge in [0, 0.05) is 30.7 Å². The van der Waals surface area contributed by atoms with E-state index in [2.05, 4.69) is 15.8 Å². The van der Waals surface area contributed by atoms with Gasteiger partial charge in [0.25, 0.3) is 5.69 Å². The second-order valence-corrected chi connectivity index (χ2v) is 6.01. The normalized spacial score (nSPS) is 10.6. The zero-order valence-electron chi connectivity index (χ0n) is 15.1. The molecule has 0 saturated carbocycles. The van der Waals surface area contributed by atoms with Gasteiger partial charge in [0.1, 0.15) is 0 Å². The molecule has 0 saturated heterocycles. The van der Waals surface area contributed by atoms with Crippen LogP contribution in [0.5, 0.6) is 0 Å². The van der Waals surface area contributed by atoms with E-state index < -0.39 is 10.8 Å². The Labute approximate surface area is 156 Å². The number of nitro benzene ring substituents is 1. The maximum absolute atomic E-state index is 12.0. The van der Waals surface area contributed by atoms with Crippen LogP contribution in [0.4, 0.5) is 11.4 Å². The van der Waals surface area contributed by atoms with Crippen LogP contribution in [0.1, 0.15) is 29.5 Å². The average molecular weight is 368 g/mol. The van der Waals surface area contributed by atoms with Crippen molar-refractivity contribution in [1.82, 2.24) is 5.43 Å². The van der Waals surface area contributed by atoms with Crippen molar-refractivity contribution in [3.8, 4) is 0 Å². The van der Waals surface area contributed by atoms with Gasteiger partial charge >= 0.3 is 0 Å². The lowest BCUT2D eigenvalue weighted by Crippen LogP contribution is -2.20. The monoisotopic (exact) mass is 368 g/mol. The Hall–Kier alpha value is -3.55. The number of nitrogens with zero attached hydrogens (tertiary/aromatic N) is 2. The standard InChI is InChI=1S/C19H20N4O4/c1-13-3-4-14(2)17(11-13)21-18(24)9-10-19(25)22-20-12-15-5-7-16(8-6-15)23(26)27/h3-8,11-12H,9-10H2,1-2H3,(H,21,24)(H,22,25). The summed E-state index contributed by atoms with van der Waals surface area (Å²) in [6.45, 7) is 3.83. The van der Waals surface area contributed by atoms with E-state index in [1.54, 1.807) is 0 Å². The van der Waals surface area contributed by atoms with Gasteiger partial charge in [-0.1, -0.05) is 12.1 Å². The Morgan fingerprint density at radius 3 is 2.41 bits per heavy atom. The quantitative estimate of drug-likeness (QED) is 0.444. The molecular weight excluding hydrogens is 348 g/mol. The molecule has 0 aliphatic heterocycles. The summed E-state index contributed by atoms with van der Waals surface area (Å²) in [5, 5.41) is 17.1. The van der Waals surface area contributed by atoms with Crippen molar-refractivity contribution < 1.29 is 14.5 Å². The lowest BCUT2D eigenvalue weighted by molar-refractivity contribution is -0.384. The first-order valence-electron chi connectivity index (χ1n) is 8.28. The number of nitrogens with one attached hydrogen (secondary N) is 2. The van der Waals surface area contributed by atoms with Crippen molar-refractivity contribution in [3.05, 3.63) is 69.3 Å². The summed E-state index contributed by atoms with van der Waals surface area (Å²) in [4.78, 5) is 33.8. The maximum Gasteiger partial charge on any atom is 0.269 e. The van der Waals surface area contributed by atoms with E-state index >= 15 is 0 Å². The first kappa shape index (κ1) is 19.8. The molecule has 0 fully saturated rings. The number of carbonyl (C=O) groups is 2.